The molecule has 4 rings (SSSR count). The Morgan fingerprint density at radius 1 is 1.11 bits per heavy atom. The lowest BCUT2D eigenvalue weighted by Gasteiger charge is -2.29. The van der Waals surface area contributed by atoms with Crippen molar-refractivity contribution < 1.29 is 9.59 Å². The van der Waals surface area contributed by atoms with Gasteiger partial charge in [-0.25, -0.2) is 0 Å². The van der Waals surface area contributed by atoms with Crippen molar-refractivity contribution in [3.05, 3.63) is 72.1 Å². The van der Waals surface area contributed by atoms with E-state index < -0.39 is 0 Å². The van der Waals surface area contributed by atoms with E-state index in [0.717, 1.165) is 12.1 Å². The van der Waals surface area contributed by atoms with Gasteiger partial charge in [0, 0.05) is 32.3 Å². The fourth-order valence-corrected chi connectivity index (χ4v) is 3.82. The summed E-state index contributed by atoms with van der Waals surface area (Å²) in [5.74, 6) is -0.111. The number of carbonyl (C=O) groups is 2. The molecule has 1 atom stereocenters. The smallest absolute Gasteiger partial charge is 0.228 e. The normalized spacial score (nSPS) is 19.9. The monoisotopic (exact) mass is 361 g/mol. The van der Waals surface area contributed by atoms with Gasteiger partial charge in [-0.3, -0.25) is 14.6 Å². The minimum absolute atomic E-state index is 0.0385. The van der Waals surface area contributed by atoms with Crippen molar-refractivity contribution in [2.75, 3.05) is 19.6 Å². The summed E-state index contributed by atoms with van der Waals surface area (Å²) in [5, 5.41) is 0. The molecule has 27 heavy (non-hydrogen) atoms. The lowest BCUT2D eigenvalue weighted by atomic mass is 9.98. The fraction of sp³-hybridized carbons (Fsp3) is 0.318. The summed E-state index contributed by atoms with van der Waals surface area (Å²) in [5.41, 5.74) is 3.37. The van der Waals surface area contributed by atoms with Crippen LogP contribution in [0, 0.1) is 5.92 Å². The average molecular weight is 361 g/mol. The molecule has 0 unspecified atom stereocenters. The molecular formula is C22H23N3O2. The standard InChI is InChI=1S/C22H23N3O2/c26-21-14-19(15-25(21)16-20-8-4-5-11-23-20)22(27)24-12-9-18(10-13-24)17-6-2-1-3-7-17/h1-9,11,19H,10,12-16H2/t19-/m0/s1. The van der Waals surface area contributed by atoms with E-state index in [2.05, 4.69) is 23.2 Å². The Morgan fingerprint density at radius 2 is 1.93 bits per heavy atom. The molecule has 0 radical (unpaired) electrons. The molecule has 5 nitrogen and oxygen atoms in total. The number of nitrogens with zero attached hydrogens (tertiary/aromatic N) is 3. The summed E-state index contributed by atoms with van der Waals surface area (Å²) in [6, 6.07) is 16.0. The highest BCUT2D eigenvalue weighted by Crippen LogP contribution is 2.26. The summed E-state index contributed by atoms with van der Waals surface area (Å²) < 4.78 is 0. The molecule has 0 aliphatic carbocycles. The van der Waals surface area contributed by atoms with Gasteiger partial charge in [-0.15, -0.1) is 0 Å². The Kier molecular flexibility index (Phi) is 5.01. The van der Waals surface area contributed by atoms with Crippen LogP contribution in [0.5, 0.6) is 0 Å². The van der Waals surface area contributed by atoms with Gasteiger partial charge in [0.2, 0.25) is 11.8 Å². The number of aromatic nitrogens is 1. The third-order valence-corrected chi connectivity index (χ3v) is 5.31. The van der Waals surface area contributed by atoms with E-state index in [4.69, 9.17) is 0 Å². The molecule has 0 N–H and O–H groups in total. The van der Waals surface area contributed by atoms with Gasteiger partial charge in [-0.1, -0.05) is 42.5 Å². The Hall–Kier alpha value is -2.95. The van der Waals surface area contributed by atoms with Crippen LogP contribution in [-0.4, -0.2) is 46.2 Å². The maximum Gasteiger partial charge on any atom is 0.228 e. The Labute approximate surface area is 159 Å². The van der Waals surface area contributed by atoms with Crippen molar-refractivity contribution in [2.24, 2.45) is 5.92 Å². The Morgan fingerprint density at radius 3 is 2.63 bits per heavy atom. The van der Waals surface area contributed by atoms with Crippen molar-refractivity contribution >= 4 is 17.4 Å². The molecule has 3 heterocycles. The van der Waals surface area contributed by atoms with Gasteiger partial charge >= 0.3 is 0 Å². The first-order chi connectivity index (χ1) is 13.2. The van der Waals surface area contributed by atoms with Crippen molar-refractivity contribution in [3.8, 4) is 0 Å². The van der Waals surface area contributed by atoms with Gasteiger partial charge in [0.15, 0.2) is 0 Å². The zero-order chi connectivity index (χ0) is 18.6. The first-order valence-electron chi connectivity index (χ1n) is 9.41. The van der Waals surface area contributed by atoms with Crippen LogP contribution in [0.4, 0.5) is 0 Å². The molecule has 1 aromatic carbocycles. The van der Waals surface area contributed by atoms with E-state index >= 15 is 0 Å². The van der Waals surface area contributed by atoms with Crippen LogP contribution in [0.3, 0.4) is 0 Å². The van der Waals surface area contributed by atoms with Crippen LogP contribution in [0.2, 0.25) is 0 Å². The van der Waals surface area contributed by atoms with Gasteiger partial charge in [-0.05, 0) is 29.7 Å². The van der Waals surface area contributed by atoms with Gasteiger partial charge in [0.05, 0.1) is 18.2 Å². The third-order valence-electron chi connectivity index (χ3n) is 5.31. The fourth-order valence-electron chi connectivity index (χ4n) is 3.82. The van der Waals surface area contributed by atoms with Gasteiger partial charge in [-0.2, -0.15) is 0 Å². The van der Waals surface area contributed by atoms with Crippen LogP contribution >= 0.6 is 0 Å². The van der Waals surface area contributed by atoms with E-state index in [1.807, 2.05) is 41.3 Å². The molecule has 2 aromatic rings. The minimum Gasteiger partial charge on any atom is -0.338 e. The van der Waals surface area contributed by atoms with Crippen LogP contribution in [-0.2, 0) is 16.1 Å². The molecule has 5 heteroatoms. The number of hydrogen-bond donors (Lipinski definition) is 0. The highest BCUT2D eigenvalue weighted by molar-refractivity contribution is 5.89. The van der Waals surface area contributed by atoms with Crippen LogP contribution in [0.15, 0.2) is 60.8 Å². The Bertz CT molecular complexity index is 848. The number of rotatable bonds is 4. The van der Waals surface area contributed by atoms with E-state index in [9.17, 15) is 9.59 Å². The molecule has 2 aliphatic heterocycles. The van der Waals surface area contributed by atoms with Crippen molar-refractivity contribution in [1.82, 2.24) is 14.8 Å². The van der Waals surface area contributed by atoms with E-state index in [0.29, 0.717) is 32.6 Å². The molecule has 1 fully saturated rings. The number of pyridine rings is 1. The zero-order valence-electron chi connectivity index (χ0n) is 15.3. The first-order valence-corrected chi connectivity index (χ1v) is 9.41. The number of hydrogen-bond acceptors (Lipinski definition) is 3. The largest absolute Gasteiger partial charge is 0.338 e. The quantitative estimate of drug-likeness (QED) is 0.841. The molecule has 0 bridgehead atoms. The van der Waals surface area contributed by atoms with Crippen molar-refractivity contribution in [2.45, 2.75) is 19.4 Å². The van der Waals surface area contributed by atoms with Crippen LogP contribution < -0.4 is 0 Å². The lowest BCUT2D eigenvalue weighted by Crippen LogP contribution is -2.39. The summed E-state index contributed by atoms with van der Waals surface area (Å²) in [6.07, 6.45) is 5.02. The molecule has 138 valence electrons. The van der Waals surface area contributed by atoms with Gasteiger partial charge in [0.25, 0.3) is 0 Å². The van der Waals surface area contributed by atoms with Crippen molar-refractivity contribution in [3.63, 3.8) is 0 Å². The number of amides is 2. The maximum absolute atomic E-state index is 12.9. The second kappa shape index (κ2) is 7.74. The predicted octanol–water partition coefficient (Wildman–Crippen LogP) is 2.75. The van der Waals surface area contributed by atoms with Gasteiger partial charge < -0.3 is 9.80 Å². The van der Waals surface area contributed by atoms with E-state index in [-0.39, 0.29) is 17.7 Å². The average Bonchev–Trinajstić information content (AvgIpc) is 3.09. The summed E-state index contributed by atoms with van der Waals surface area (Å²) in [7, 11) is 0. The number of likely N-dealkylation sites (tertiary alicyclic amines) is 1. The highest BCUT2D eigenvalue weighted by Gasteiger charge is 2.36. The van der Waals surface area contributed by atoms with E-state index in [1.54, 1.807) is 11.1 Å². The second-order valence-electron chi connectivity index (χ2n) is 7.13. The van der Waals surface area contributed by atoms with Crippen LogP contribution in [0.1, 0.15) is 24.1 Å². The zero-order valence-corrected chi connectivity index (χ0v) is 15.3. The second-order valence-corrected chi connectivity index (χ2v) is 7.13. The SMILES string of the molecule is O=C1C[C@H](C(=O)N2CC=C(c3ccccc3)CC2)CN1Cc1ccccn1. The molecule has 2 aliphatic rings. The summed E-state index contributed by atoms with van der Waals surface area (Å²) >= 11 is 0. The summed E-state index contributed by atoms with van der Waals surface area (Å²) in [6.45, 7) is 2.29. The van der Waals surface area contributed by atoms with Crippen LogP contribution in [0.25, 0.3) is 5.57 Å². The molecule has 2 amide bonds. The molecular weight excluding hydrogens is 338 g/mol. The molecule has 1 aromatic heterocycles. The van der Waals surface area contributed by atoms with E-state index in [1.165, 1.54) is 11.1 Å². The topological polar surface area (TPSA) is 53.5 Å². The first kappa shape index (κ1) is 17.5. The van der Waals surface area contributed by atoms with Crippen molar-refractivity contribution in [1.29, 1.82) is 0 Å². The summed E-state index contributed by atoms with van der Waals surface area (Å²) in [4.78, 5) is 33.1. The lowest BCUT2D eigenvalue weighted by molar-refractivity contribution is -0.135. The highest BCUT2D eigenvalue weighted by atomic mass is 16.2. The predicted molar refractivity (Wildman–Crippen MR) is 103 cm³/mol. The minimum atomic E-state index is -0.243. The Balaban J connectivity index is 1.36. The molecule has 1 saturated heterocycles. The third kappa shape index (κ3) is 3.92. The molecule has 0 saturated carbocycles. The maximum atomic E-state index is 12.9. The number of benzene rings is 1. The number of carbonyl (C=O) groups excluding carboxylic acids is 2. The van der Waals surface area contributed by atoms with Gasteiger partial charge in [0.1, 0.15) is 0 Å². The molecule has 0 spiro atoms.